The smallest absolute Gasteiger partial charge is 0.225 e. The molecule has 3 atom stereocenters. The summed E-state index contributed by atoms with van der Waals surface area (Å²) in [6.07, 6.45) is 3.31. The first-order valence-electron chi connectivity index (χ1n) is 10.2. The van der Waals surface area contributed by atoms with Gasteiger partial charge in [-0.2, -0.15) is 4.98 Å². The molecule has 1 aliphatic carbocycles. The first-order valence-corrected chi connectivity index (χ1v) is 10.2. The maximum absolute atomic E-state index is 9.67. The number of rotatable bonds is 6. The highest BCUT2D eigenvalue weighted by Gasteiger charge is 2.38. The summed E-state index contributed by atoms with van der Waals surface area (Å²) in [5.41, 5.74) is 4.02. The molecular weight excluding hydrogens is 336 g/mol. The average molecular weight is 367 g/mol. The monoisotopic (exact) mass is 366 g/mol. The van der Waals surface area contributed by atoms with Gasteiger partial charge in [-0.3, -0.25) is 0 Å². The van der Waals surface area contributed by atoms with E-state index in [9.17, 15) is 5.11 Å². The van der Waals surface area contributed by atoms with Crippen LogP contribution in [0.15, 0.2) is 30.3 Å². The van der Waals surface area contributed by atoms with Crippen molar-refractivity contribution in [3.63, 3.8) is 0 Å². The number of hydrogen-bond acceptors (Lipinski definition) is 5. The van der Waals surface area contributed by atoms with Gasteiger partial charge in [0.15, 0.2) is 0 Å². The van der Waals surface area contributed by atoms with E-state index in [2.05, 4.69) is 66.3 Å². The number of aryl methyl sites for hydroxylation is 1. The molecular formula is C22H30N4O. The summed E-state index contributed by atoms with van der Waals surface area (Å²) in [5, 5.41) is 13.0. The van der Waals surface area contributed by atoms with E-state index in [0.717, 1.165) is 24.5 Å². The zero-order valence-electron chi connectivity index (χ0n) is 16.5. The summed E-state index contributed by atoms with van der Waals surface area (Å²) in [6, 6.07) is 11.4. The Morgan fingerprint density at radius 2 is 1.96 bits per heavy atom. The summed E-state index contributed by atoms with van der Waals surface area (Å²) in [6.45, 7) is 7.42. The number of piperidine rings is 1. The fourth-order valence-corrected chi connectivity index (χ4v) is 4.45. The normalized spacial score (nSPS) is 22.0. The number of nitrogens with zero attached hydrogens (tertiary/aromatic N) is 3. The van der Waals surface area contributed by atoms with Crippen molar-refractivity contribution >= 4 is 11.8 Å². The molecule has 3 heterocycles. The van der Waals surface area contributed by atoms with Gasteiger partial charge in [-0.25, -0.2) is 4.98 Å². The van der Waals surface area contributed by atoms with Crippen LogP contribution in [0, 0.1) is 5.92 Å². The minimum absolute atomic E-state index is 0.0384. The molecule has 0 unspecified atom stereocenters. The molecule has 5 heteroatoms. The van der Waals surface area contributed by atoms with Gasteiger partial charge in [0.2, 0.25) is 5.95 Å². The topological polar surface area (TPSA) is 61.3 Å². The second-order valence-corrected chi connectivity index (χ2v) is 8.14. The van der Waals surface area contributed by atoms with E-state index in [1.807, 2.05) is 0 Å². The number of fused-ring (bicyclic) bond motifs is 2. The second-order valence-electron chi connectivity index (χ2n) is 8.14. The number of aliphatic hydroxyl groups is 1. The number of aliphatic hydroxyl groups excluding tert-OH is 1. The van der Waals surface area contributed by atoms with Crippen LogP contribution in [-0.4, -0.2) is 34.3 Å². The first-order chi connectivity index (χ1) is 13.1. The number of benzene rings is 1. The molecule has 1 aromatic heterocycles. The standard InChI is InChI=1S/C22H30N4O/c1-4-16-11-21(25-22(23-16)24-19(13-27)14(2)3)26-12-15-9-10-20(26)18-8-6-5-7-17(15)18/h5-8,11,14-15,19-20,27H,4,9-10,12-13H2,1-3H3,(H,23,24,25)/t15-,19-,20+/m1/s1. The van der Waals surface area contributed by atoms with Crippen LogP contribution in [0.2, 0.25) is 0 Å². The minimum atomic E-state index is -0.0384. The number of aromatic nitrogens is 2. The van der Waals surface area contributed by atoms with E-state index in [1.165, 1.54) is 24.0 Å². The number of nitrogens with one attached hydrogen (secondary N) is 1. The molecule has 0 saturated carbocycles. The molecule has 5 rings (SSSR count). The predicted octanol–water partition coefficient (Wildman–Crippen LogP) is 3.91. The SMILES string of the molecule is CCc1cc(N2C[C@H]3CC[C@H]2c2ccccc23)nc(N[C@H](CO)C(C)C)n1. The van der Waals surface area contributed by atoms with Gasteiger partial charge >= 0.3 is 0 Å². The van der Waals surface area contributed by atoms with Gasteiger partial charge in [0.05, 0.1) is 18.7 Å². The molecule has 5 nitrogen and oxygen atoms in total. The van der Waals surface area contributed by atoms with Crippen LogP contribution in [0.3, 0.4) is 0 Å². The largest absolute Gasteiger partial charge is 0.394 e. The molecule has 1 fully saturated rings. The lowest BCUT2D eigenvalue weighted by atomic mass is 9.75. The molecule has 2 aromatic rings. The van der Waals surface area contributed by atoms with Crippen molar-refractivity contribution in [2.45, 2.75) is 58.0 Å². The Balaban J connectivity index is 1.67. The van der Waals surface area contributed by atoms with Gasteiger partial charge in [-0.15, -0.1) is 0 Å². The van der Waals surface area contributed by atoms with Gasteiger partial charge in [0.1, 0.15) is 5.82 Å². The van der Waals surface area contributed by atoms with Crippen LogP contribution in [-0.2, 0) is 6.42 Å². The van der Waals surface area contributed by atoms with Crippen molar-refractivity contribution in [2.75, 3.05) is 23.4 Å². The summed E-state index contributed by atoms with van der Waals surface area (Å²) in [5.74, 6) is 2.54. The lowest BCUT2D eigenvalue weighted by molar-refractivity contribution is 0.248. The fraction of sp³-hybridized carbons (Fsp3) is 0.545. The van der Waals surface area contributed by atoms with Gasteiger partial charge in [-0.1, -0.05) is 45.0 Å². The summed E-state index contributed by atoms with van der Waals surface area (Å²) in [7, 11) is 0. The molecule has 0 amide bonds. The lowest BCUT2D eigenvalue weighted by Gasteiger charge is -2.47. The van der Waals surface area contributed by atoms with E-state index < -0.39 is 0 Å². The maximum atomic E-state index is 9.67. The Kier molecular flexibility index (Phi) is 5.04. The molecule has 2 bridgehead atoms. The number of anilines is 2. The Morgan fingerprint density at radius 3 is 2.67 bits per heavy atom. The van der Waals surface area contributed by atoms with Gasteiger partial charge in [0.25, 0.3) is 0 Å². The van der Waals surface area contributed by atoms with Crippen LogP contribution in [0.1, 0.15) is 62.4 Å². The van der Waals surface area contributed by atoms with Crippen LogP contribution in [0.4, 0.5) is 11.8 Å². The van der Waals surface area contributed by atoms with E-state index in [-0.39, 0.29) is 12.6 Å². The first kappa shape index (κ1) is 18.2. The average Bonchev–Trinajstić information content (AvgIpc) is 2.72. The Hall–Kier alpha value is -2.14. The molecule has 1 saturated heterocycles. The highest BCUT2D eigenvalue weighted by molar-refractivity contribution is 5.53. The highest BCUT2D eigenvalue weighted by atomic mass is 16.3. The molecule has 1 aromatic carbocycles. The Labute approximate surface area is 161 Å². The Morgan fingerprint density at radius 1 is 1.19 bits per heavy atom. The lowest BCUT2D eigenvalue weighted by Crippen LogP contribution is -2.43. The quantitative estimate of drug-likeness (QED) is 0.812. The fourth-order valence-electron chi connectivity index (χ4n) is 4.45. The van der Waals surface area contributed by atoms with Gasteiger partial charge in [0, 0.05) is 24.2 Å². The Bertz CT molecular complexity index is 807. The zero-order valence-corrected chi connectivity index (χ0v) is 16.5. The maximum Gasteiger partial charge on any atom is 0.225 e. The van der Waals surface area contributed by atoms with Crippen molar-refractivity contribution < 1.29 is 5.11 Å². The van der Waals surface area contributed by atoms with Crippen molar-refractivity contribution in [2.24, 2.45) is 5.92 Å². The second kappa shape index (κ2) is 7.47. The van der Waals surface area contributed by atoms with E-state index in [1.54, 1.807) is 0 Å². The molecule has 144 valence electrons. The van der Waals surface area contributed by atoms with Crippen molar-refractivity contribution in [3.05, 3.63) is 47.2 Å². The predicted molar refractivity (Wildman–Crippen MR) is 109 cm³/mol. The molecule has 2 aliphatic heterocycles. The van der Waals surface area contributed by atoms with Crippen LogP contribution >= 0.6 is 0 Å². The van der Waals surface area contributed by atoms with Crippen LogP contribution in [0.25, 0.3) is 0 Å². The molecule has 27 heavy (non-hydrogen) atoms. The highest BCUT2D eigenvalue weighted by Crippen LogP contribution is 2.47. The van der Waals surface area contributed by atoms with Crippen LogP contribution < -0.4 is 10.2 Å². The van der Waals surface area contributed by atoms with E-state index in [4.69, 9.17) is 4.98 Å². The molecule has 2 N–H and O–H groups in total. The number of hydrogen-bond donors (Lipinski definition) is 2. The minimum Gasteiger partial charge on any atom is -0.394 e. The van der Waals surface area contributed by atoms with E-state index >= 15 is 0 Å². The van der Waals surface area contributed by atoms with Crippen LogP contribution in [0.5, 0.6) is 0 Å². The third-order valence-corrected chi connectivity index (χ3v) is 6.11. The van der Waals surface area contributed by atoms with E-state index in [0.29, 0.717) is 23.8 Å². The summed E-state index contributed by atoms with van der Waals surface area (Å²) >= 11 is 0. The summed E-state index contributed by atoms with van der Waals surface area (Å²) in [4.78, 5) is 12.0. The third kappa shape index (κ3) is 3.41. The molecule has 0 radical (unpaired) electrons. The van der Waals surface area contributed by atoms with Gasteiger partial charge in [-0.05, 0) is 36.3 Å². The molecule has 3 aliphatic rings. The van der Waals surface area contributed by atoms with Gasteiger partial charge < -0.3 is 15.3 Å². The van der Waals surface area contributed by atoms with Crippen molar-refractivity contribution in [3.8, 4) is 0 Å². The zero-order chi connectivity index (χ0) is 19.0. The third-order valence-electron chi connectivity index (χ3n) is 6.11. The summed E-state index contributed by atoms with van der Waals surface area (Å²) < 4.78 is 0. The molecule has 0 spiro atoms. The van der Waals surface area contributed by atoms with Crippen molar-refractivity contribution in [1.29, 1.82) is 0 Å². The van der Waals surface area contributed by atoms with Crippen molar-refractivity contribution in [1.82, 2.24) is 9.97 Å².